The average molecular weight is 225 g/mol. The zero-order valence-electron chi connectivity index (χ0n) is 8.52. The van der Waals surface area contributed by atoms with E-state index in [1.165, 1.54) is 6.07 Å². The molecule has 86 valence electrons. The number of aliphatic hydroxyl groups is 1. The molecule has 3 N–H and O–H groups in total. The summed E-state index contributed by atoms with van der Waals surface area (Å²) >= 11 is 0. The molecule has 0 saturated carbocycles. The minimum atomic E-state index is -1.14. The Morgan fingerprint density at radius 2 is 2.31 bits per heavy atom. The van der Waals surface area contributed by atoms with Crippen LogP contribution in [-0.2, 0) is 11.2 Å². The zero-order chi connectivity index (χ0) is 11.7. The molecule has 1 aliphatic carbocycles. The van der Waals surface area contributed by atoms with Crippen LogP contribution >= 0.6 is 0 Å². The number of carbonyl (C=O) groups is 1. The molecule has 0 spiro atoms. The van der Waals surface area contributed by atoms with E-state index in [2.05, 4.69) is 0 Å². The molecule has 1 aliphatic rings. The average Bonchev–Trinajstić information content (AvgIpc) is 2.22. The van der Waals surface area contributed by atoms with E-state index < -0.39 is 24.1 Å². The molecule has 5 heteroatoms. The standard InChI is InChI=1S/C11H12FNO3/c12-7-3-1-2-6-4-5-8(16-11(13)15)10(14)9(6)7/h1-3,8,10,14H,4-5H2,(H2,13,15). The summed E-state index contributed by atoms with van der Waals surface area (Å²) in [6.07, 6.45) is -1.86. The van der Waals surface area contributed by atoms with Crippen molar-refractivity contribution < 1.29 is 19.0 Å². The summed E-state index contributed by atoms with van der Waals surface area (Å²) in [5.41, 5.74) is 5.83. The van der Waals surface area contributed by atoms with Gasteiger partial charge in [-0.3, -0.25) is 0 Å². The van der Waals surface area contributed by atoms with Gasteiger partial charge >= 0.3 is 6.09 Å². The van der Waals surface area contributed by atoms with Crippen molar-refractivity contribution in [2.75, 3.05) is 0 Å². The zero-order valence-corrected chi connectivity index (χ0v) is 8.52. The number of nitrogens with two attached hydrogens (primary N) is 1. The number of amides is 1. The first-order valence-corrected chi connectivity index (χ1v) is 5.01. The van der Waals surface area contributed by atoms with Gasteiger partial charge in [0.15, 0.2) is 0 Å². The number of fused-ring (bicyclic) bond motifs is 1. The Morgan fingerprint density at radius 3 is 3.00 bits per heavy atom. The van der Waals surface area contributed by atoms with Crippen LogP contribution in [0.5, 0.6) is 0 Å². The molecule has 0 radical (unpaired) electrons. The van der Waals surface area contributed by atoms with Crippen molar-refractivity contribution in [1.82, 2.24) is 0 Å². The van der Waals surface area contributed by atoms with Crippen LogP contribution in [-0.4, -0.2) is 17.3 Å². The van der Waals surface area contributed by atoms with E-state index in [1.54, 1.807) is 12.1 Å². The van der Waals surface area contributed by atoms with Gasteiger partial charge in [0.1, 0.15) is 18.0 Å². The smallest absolute Gasteiger partial charge is 0.404 e. The number of halogens is 1. The van der Waals surface area contributed by atoms with Crippen molar-refractivity contribution in [3.05, 3.63) is 35.1 Å². The van der Waals surface area contributed by atoms with E-state index in [0.717, 1.165) is 5.56 Å². The second-order valence-electron chi connectivity index (χ2n) is 3.77. The molecule has 0 heterocycles. The Bertz CT molecular complexity index is 422. The number of carbonyl (C=O) groups excluding carboxylic acids is 1. The lowest BCUT2D eigenvalue weighted by molar-refractivity contribution is -0.00710. The van der Waals surface area contributed by atoms with Crippen LogP contribution in [0.25, 0.3) is 0 Å². The van der Waals surface area contributed by atoms with Crippen LogP contribution in [0, 0.1) is 5.82 Å². The number of rotatable bonds is 1. The molecule has 1 aromatic rings. The lowest BCUT2D eigenvalue weighted by atomic mass is 9.87. The highest BCUT2D eigenvalue weighted by Gasteiger charge is 2.32. The first kappa shape index (κ1) is 10.9. The second-order valence-corrected chi connectivity index (χ2v) is 3.77. The number of hydrogen-bond acceptors (Lipinski definition) is 3. The number of primary amides is 1. The molecule has 2 unspecified atom stereocenters. The van der Waals surface area contributed by atoms with Crippen molar-refractivity contribution in [2.45, 2.75) is 25.0 Å². The summed E-state index contributed by atoms with van der Waals surface area (Å²) in [4.78, 5) is 10.6. The van der Waals surface area contributed by atoms with Crippen molar-refractivity contribution >= 4 is 6.09 Å². The van der Waals surface area contributed by atoms with Crippen LogP contribution < -0.4 is 5.73 Å². The van der Waals surface area contributed by atoms with Gasteiger partial charge < -0.3 is 15.6 Å². The highest BCUT2D eigenvalue weighted by atomic mass is 19.1. The van der Waals surface area contributed by atoms with Crippen LogP contribution in [0.2, 0.25) is 0 Å². The Morgan fingerprint density at radius 1 is 1.56 bits per heavy atom. The lowest BCUT2D eigenvalue weighted by Crippen LogP contribution is -2.32. The summed E-state index contributed by atoms with van der Waals surface area (Å²) in [5, 5.41) is 9.88. The Hall–Kier alpha value is -1.62. The molecule has 4 nitrogen and oxygen atoms in total. The summed E-state index contributed by atoms with van der Waals surface area (Å²) in [6.45, 7) is 0. The molecule has 0 bridgehead atoms. The maximum Gasteiger partial charge on any atom is 0.404 e. The molecule has 2 atom stereocenters. The van der Waals surface area contributed by atoms with Gasteiger partial charge in [-0.25, -0.2) is 9.18 Å². The highest BCUT2D eigenvalue weighted by molar-refractivity contribution is 5.65. The van der Waals surface area contributed by atoms with Crippen LogP contribution in [0.1, 0.15) is 23.7 Å². The molecule has 2 rings (SSSR count). The quantitative estimate of drug-likeness (QED) is 0.755. The number of aryl methyl sites for hydroxylation is 1. The first-order chi connectivity index (χ1) is 7.59. The Labute approximate surface area is 91.8 Å². The molecule has 0 saturated heterocycles. The fourth-order valence-corrected chi connectivity index (χ4v) is 2.05. The molecule has 1 aromatic carbocycles. The normalized spacial score (nSPS) is 23.6. The highest BCUT2D eigenvalue weighted by Crippen LogP contribution is 2.33. The minimum Gasteiger partial charge on any atom is -0.443 e. The fourth-order valence-electron chi connectivity index (χ4n) is 2.05. The number of benzene rings is 1. The predicted octanol–water partition coefficient (Wildman–Crippen LogP) is 1.27. The van der Waals surface area contributed by atoms with Gasteiger partial charge in [0.25, 0.3) is 0 Å². The van der Waals surface area contributed by atoms with Crippen LogP contribution in [0.4, 0.5) is 9.18 Å². The monoisotopic (exact) mass is 225 g/mol. The summed E-state index contributed by atoms with van der Waals surface area (Å²) < 4.78 is 18.2. The SMILES string of the molecule is NC(=O)OC1CCc2cccc(F)c2C1O. The number of hydrogen-bond donors (Lipinski definition) is 2. The van der Waals surface area contributed by atoms with Crippen LogP contribution in [0.15, 0.2) is 18.2 Å². The third-order valence-electron chi connectivity index (χ3n) is 2.76. The van der Waals surface area contributed by atoms with Crippen LogP contribution in [0.3, 0.4) is 0 Å². The van der Waals surface area contributed by atoms with Gasteiger partial charge in [-0.2, -0.15) is 0 Å². The maximum absolute atomic E-state index is 13.5. The third kappa shape index (κ3) is 1.86. The van der Waals surface area contributed by atoms with E-state index >= 15 is 0 Å². The third-order valence-corrected chi connectivity index (χ3v) is 2.76. The van der Waals surface area contributed by atoms with Gasteiger partial charge in [-0.15, -0.1) is 0 Å². The summed E-state index contributed by atoms with van der Waals surface area (Å²) in [6, 6.07) is 4.62. The van der Waals surface area contributed by atoms with Crippen molar-refractivity contribution in [2.24, 2.45) is 5.73 Å². The van der Waals surface area contributed by atoms with Crippen molar-refractivity contribution in [1.29, 1.82) is 0 Å². The Kier molecular flexibility index (Phi) is 2.78. The van der Waals surface area contributed by atoms with Gasteiger partial charge in [-0.1, -0.05) is 12.1 Å². The summed E-state index contributed by atoms with van der Waals surface area (Å²) in [5.74, 6) is -0.484. The first-order valence-electron chi connectivity index (χ1n) is 5.01. The molecular formula is C11H12FNO3. The van der Waals surface area contributed by atoms with E-state index in [9.17, 15) is 14.3 Å². The number of ether oxygens (including phenoxy) is 1. The van der Waals surface area contributed by atoms with Gasteiger partial charge in [0.05, 0.1) is 0 Å². The molecule has 1 amide bonds. The van der Waals surface area contributed by atoms with Gasteiger partial charge in [0, 0.05) is 5.56 Å². The van der Waals surface area contributed by atoms with Gasteiger partial charge in [0.2, 0.25) is 0 Å². The molecule has 0 aromatic heterocycles. The van der Waals surface area contributed by atoms with E-state index in [-0.39, 0.29) is 5.56 Å². The maximum atomic E-state index is 13.5. The molecule has 0 fully saturated rings. The fraction of sp³-hybridized carbons (Fsp3) is 0.364. The number of aliphatic hydroxyl groups excluding tert-OH is 1. The lowest BCUT2D eigenvalue weighted by Gasteiger charge is -2.29. The van der Waals surface area contributed by atoms with E-state index in [1.807, 2.05) is 0 Å². The van der Waals surface area contributed by atoms with Gasteiger partial charge in [-0.05, 0) is 24.5 Å². The van der Waals surface area contributed by atoms with Crippen molar-refractivity contribution in [3.63, 3.8) is 0 Å². The molecule has 16 heavy (non-hydrogen) atoms. The largest absolute Gasteiger partial charge is 0.443 e. The minimum absolute atomic E-state index is 0.208. The van der Waals surface area contributed by atoms with E-state index in [4.69, 9.17) is 10.5 Å². The van der Waals surface area contributed by atoms with E-state index in [0.29, 0.717) is 12.8 Å². The Balaban J connectivity index is 2.30. The van der Waals surface area contributed by atoms with Crippen molar-refractivity contribution in [3.8, 4) is 0 Å². The topological polar surface area (TPSA) is 72.6 Å². The second kappa shape index (κ2) is 4.09. The summed E-state index contributed by atoms with van der Waals surface area (Å²) in [7, 11) is 0. The predicted molar refractivity (Wildman–Crippen MR) is 54.1 cm³/mol. The molecular weight excluding hydrogens is 213 g/mol. The molecule has 0 aliphatic heterocycles.